The van der Waals surface area contributed by atoms with Gasteiger partial charge in [0.1, 0.15) is 6.54 Å². The van der Waals surface area contributed by atoms with E-state index in [1.807, 2.05) is 17.0 Å². The Balaban J connectivity index is 2.15. The van der Waals surface area contributed by atoms with E-state index in [1.54, 1.807) is 0 Å². The van der Waals surface area contributed by atoms with E-state index in [4.69, 9.17) is 5.11 Å². The number of nitrogens with zero attached hydrogens (tertiary/aromatic N) is 3. The van der Waals surface area contributed by atoms with Crippen LogP contribution in [-0.2, 0) is 4.79 Å². The van der Waals surface area contributed by atoms with Gasteiger partial charge >= 0.3 is 5.97 Å². The van der Waals surface area contributed by atoms with Gasteiger partial charge in [0.2, 0.25) is 0 Å². The van der Waals surface area contributed by atoms with Gasteiger partial charge in [-0.3, -0.25) is 4.79 Å². The zero-order chi connectivity index (χ0) is 12.4. The zero-order valence-electron chi connectivity index (χ0n) is 10.1. The molecule has 0 unspecified atom stereocenters. The molecule has 2 rings (SSSR count). The molecule has 0 bridgehead atoms. The van der Waals surface area contributed by atoms with Crippen LogP contribution in [0.2, 0.25) is 0 Å². The van der Waals surface area contributed by atoms with Gasteiger partial charge in [-0.25, -0.2) is 0 Å². The number of rotatable bonds is 5. The van der Waals surface area contributed by atoms with Crippen LogP contribution in [-0.4, -0.2) is 33.9 Å². The smallest absolute Gasteiger partial charge is 0.323 e. The van der Waals surface area contributed by atoms with Gasteiger partial charge in [0.15, 0.2) is 5.82 Å². The van der Waals surface area contributed by atoms with Crippen molar-refractivity contribution >= 4 is 11.8 Å². The molecule has 17 heavy (non-hydrogen) atoms. The average molecular weight is 235 g/mol. The maximum absolute atomic E-state index is 10.8. The lowest BCUT2D eigenvalue weighted by Gasteiger charge is -2.20. The largest absolute Gasteiger partial charge is 0.480 e. The van der Waals surface area contributed by atoms with Crippen LogP contribution in [0.3, 0.4) is 0 Å². The molecule has 1 aromatic rings. The second-order valence-electron chi connectivity index (χ2n) is 4.72. The Kier molecular flexibility index (Phi) is 3.26. The molecule has 1 N–H and O–H groups in total. The van der Waals surface area contributed by atoms with Crippen molar-refractivity contribution in [2.75, 3.05) is 11.4 Å². The summed E-state index contributed by atoms with van der Waals surface area (Å²) in [4.78, 5) is 12.6. The first-order chi connectivity index (χ1) is 8.08. The summed E-state index contributed by atoms with van der Waals surface area (Å²) in [6.45, 7) is 4.11. The Morgan fingerprint density at radius 2 is 2.18 bits per heavy atom. The molecular formula is C12H17N3O2. The minimum absolute atomic E-state index is 0.000369. The highest BCUT2D eigenvalue weighted by Crippen LogP contribution is 2.30. The number of carboxylic acid groups (broad SMARTS) is 1. The summed E-state index contributed by atoms with van der Waals surface area (Å²) in [6, 6.07) is 4.11. The van der Waals surface area contributed by atoms with Crippen LogP contribution in [0, 0.1) is 0 Å². The van der Waals surface area contributed by atoms with Crippen LogP contribution in [0.25, 0.3) is 0 Å². The molecule has 1 aliphatic carbocycles. The number of aromatic nitrogens is 2. The van der Waals surface area contributed by atoms with Crippen LogP contribution in [0.15, 0.2) is 12.1 Å². The fourth-order valence-electron chi connectivity index (χ4n) is 1.73. The first kappa shape index (κ1) is 11.8. The number of aliphatic carboxylic acids is 1. The summed E-state index contributed by atoms with van der Waals surface area (Å²) in [5.74, 6) is 0.177. The highest BCUT2D eigenvalue weighted by atomic mass is 16.4. The first-order valence-electron chi connectivity index (χ1n) is 5.90. The van der Waals surface area contributed by atoms with E-state index < -0.39 is 5.97 Å². The van der Waals surface area contributed by atoms with Crippen molar-refractivity contribution in [3.05, 3.63) is 17.8 Å². The van der Waals surface area contributed by atoms with Crippen molar-refractivity contribution < 1.29 is 9.90 Å². The summed E-state index contributed by atoms with van der Waals surface area (Å²) in [6.07, 6.45) is 2.09. The van der Waals surface area contributed by atoms with Gasteiger partial charge in [0.25, 0.3) is 0 Å². The molecule has 0 radical (unpaired) electrons. The summed E-state index contributed by atoms with van der Waals surface area (Å²) < 4.78 is 0. The van der Waals surface area contributed by atoms with E-state index in [0.717, 1.165) is 18.5 Å². The molecule has 0 aromatic carbocycles. The van der Waals surface area contributed by atoms with Crippen LogP contribution in [0.5, 0.6) is 0 Å². The van der Waals surface area contributed by atoms with Crippen LogP contribution < -0.4 is 4.90 Å². The van der Waals surface area contributed by atoms with Crippen LogP contribution in [0.1, 0.15) is 38.3 Å². The summed E-state index contributed by atoms with van der Waals surface area (Å²) in [7, 11) is 0. The second-order valence-corrected chi connectivity index (χ2v) is 4.72. The van der Waals surface area contributed by atoms with Gasteiger partial charge in [-0.2, -0.15) is 5.10 Å². The summed E-state index contributed by atoms with van der Waals surface area (Å²) >= 11 is 0. The Morgan fingerprint density at radius 3 is 2.59 bits per heavy atom. The predicted octanol–water partition coefficient (Wildman–Crippen LogP) is 1.65. The monoisotopic (exact) mass is 235 g/mol. The third kappa shape index (κ3) is 2.93. The Morgan fingerprint density at radius 1 is 1.47 bits per heavy atom. The maximum atomic E-state index is 10.8. The van der Waals surface area contributed by atoms with Crippen molar-refractivity contribution in [3.8, 4) is 0 Å². The van der Waals surface area contributed by atoms with Crippen molar-refractivity contribution in [1.82, 2.24) is 10.2 Å². The van der Waals surface area contributed by atoms with E-state index in [2.05, 4.69) is 24.0 Å². The van der Waals surface area contributed by atoms with Crippen LogP contribution in [0.4, 0.5) is 5.82 Å². The quantitative estimate of drug-likeness (QED) is 0.840. The minimum atomic E-state index is -0.827. The molecule has 1 heterocycles. The molecule has 0 atom stereocenters. The zero-order valence-corrected chi connectivity index (χ0v) is 10.1. The number of carbonyl (C=O) groups is 1. The Bertz CT molecular complexity index is 399. The number of anilines is 1. The van der Waals surface area contributed by atoms with Gasteiger partial charge in [0, 0.05) is 6.04 Å². The molecular weight excluding hydrogens is 218 g/mol. The lowest BCUT2D eigenvalue weighted by molar-refractivity contribution is -0.135. The third-order valence-electron chi connectivity index (χ3n) is 2.85. The topological polar surface area (TPSA) is 66.3 Å². The minimum Gasteiger partial charge on any atom is -0.480 e. The van der Waals surface area contributed by atoms with Crippen molar-refractivity contribution in [3.63, 3.8) is 0 Å². The molecule has 1 aromatic heterocycles. The molecule has 5 nitrogen and oxygen atoms in total. The molecule has 5 heteroatoms. The van der Waals surface area contributed by atoms with Crippen molar-refractivity contribution in [2.24, 2.45) is 0 Å². The normalized spacial score (nSPS) is 15.0. The van der Waals surface area contributed by atoms with Gasteiger partial charge in [0.05, 0.1) is 5.69 Å². The van der Waals surface area contributed by atoms with Crippen molar-refractivity contribution in [2.45, 2.75) is 38.6 Å². The third-order valence-corrected chi connectivity index (χ3v) is 2.85. The van der Waals surface area contributed by atoms with E-state index in [-0.39, 0.29) is 6.54 Å². The van der Waals surface area contributed by atoms with Crippen molar-refractivity contribution in [1.29, 1.82) is 0 Å². The highest BCUT2D eigenvalue weighted by molar-refractivity contribution is 5.73. The second kappa shape index (κ2) is 4.69. The number of hydrogen-bond acceptors (Lipinski definition) is 4. The molecule has 0 aliphatic heterocycles. The lowest BCUT2D eigenvalue weighted by Crippen LogP contribution is -2.32. The fourth-order valence-corrected chi connectivity index (χ4v) is 1.73. The van der Waals surface area contributed by atoms with Gasteiger partial charge in [-0.05, 0) is 30.9 Å². The van der Waals surface area contributed by atoms with Gasteiger partial charge in [-0.1, -0.05) is 13.8 Å². The number of hydrogen-bond donors (Lipinski definition) is 1. The molecule has 0 saturated heterocycles. The standard InChI is InChI=1S/C12H17N3O2/c1-8(2)10-5-6-11(14-13-10)15(7-12(16)17)9-3-4-9/h5-6,8-9H,3-4,7H2,1-2H3,(H,16,17). The van der Waals surface area contributed by atoms with Gasteiger partial charge in [-0.15, -0.1) is 5.10 Å². The van der Waals surface area contributed by atoms with Crippen LogP contribution >= 0.6 is 0 Å². The molecule has 1 aliphatic rings. The summed E-state index contributed by atoms with van der Waals surface area (Å²) in [5, 5.41) is 17.1. The Hall–Kier alpha value is -1.65. The number of carboxylic acids is 1. The molecule has 92 valence electrons. The molecule has 1 fully saturated rings. The SMILES string of the molecule is CC(C)c1ccc(N(CC(=O)O)C2CC2)nn1. The summed E-state index contributed by atoms with van der Waals surface area (Å²) in [5.41, 5.74) is 0.930. The van der Waals surface area contributed by atoms with E-state index >= 15 is 0 Å². The first-order valence-corrected chi connectivity index (χ1v) is 5.90. The predicted molar refractivity (Wildman–Crippen MR) is 64.1 cm³/mol. The average Bonchev–Trinajstić information content (AvgIpc) is 3.09. The molecule has 1 saturated carbocycles. The lowest BCUT2D eigenvalue weighted by atomic mass is 10.1. The van der Waals surface area contributed by atoms with E-state index in [1.165, 1.54) is 0 Å². The van der Waals surface area contributed by atoms with E-state index in [0.29, 0.717) is 17.8 Å². The molecule has 0 amide bonds. The Labute approximate surface area is 100 Å². The highest BCUT2D eigenvalue weighted by Gasteiger charge is 2.31. The van der Waals surface area contributed by atoms with E-state index in [9.17, 15) is 4.79 Å². The fraction of sp³-hybridized carbons (Fsp3) is 0.583. The maximum Gasteiger partial charge on any atom is 0.323 e. The molecule has 0 spiro atoms. The van der Waals surface area contributed by atoms with Gasteiger partial charge < -0.3 is 10.0 Å².